The molecular formula is C15H24N2O. The van der Waals surface area contributed by atoms with Crippen LogP contribution in [0.3, 0.4) is 0 Å². The molecule has 0 bridgehead atoms. The van der Waals surface area contributed by atoms with E-state index in [1.165, 1.54) is 25.0 Å². The molecule has 1 saturated heterocycles. The lowest BCUT2D eigenvalue weighted by molar-refractivity contribution is 0.120. The maximum atomic E-state index is 9.37. The molecule has 3 aliphatic rings. The Bertz CT molecular complexity index is 364. The van der Waals surface area contributed by atoms with Crippen molar-refractivity contribution in [1.82, 2.24) is 4.90 Å². The maximum Gasteiger partial charge on any atom is 0.0956 e. The van der Waals surface area contributed by atoms with Gasteiger partial charge >= 0.3 is 0 Å². The summed E-state index contributed by atoms with van der Waals surface area (Å²) >= 11 is 0. The summed E-state index contributed by atoms with van der Waals surface area (Å²) in [6.45, 7) is 4.68. The average molecular weight is 248 g/mol. The van der Waals surface area contributed by atoms with Crippen LogP contribution >= 0.6 is 0 Å². The Hall–Kier alpha value is -0.670. The van der Waals surface area contributed by atoms with E-state index in [2.05, 4.69) is 22.9 Å². The maximum absolute atomic E-state index is 9.37. The third-order valence-corrected chi connectivity index (χ3v) is 5.09. The molecule has 1 saturated carbocycles. The third-order valence-electron chi connectivity index (χ3n) is 5.09. The fourth-order valence-electron chi connectivity index (χ4n) is 4.33. The largest absolute Gasteiger partial charge is 0.381 e. The molecular weight excluding hydrogens is 224 g/mol. The van der Waals surface area contributed by atoms with Gasteiger partial charge in [0.25, 0.3) is 0 Å². The number of aliphatic imine (C=N–C) groups is 1. The highest BCUT2D eigenvalue weighted by Crippen LogP contribution is 2.45. The van der Waals surface area contributed by atoms with Crippen LogP contribution in [0.15, 0.2) is 17.3 Å². The fraction of sp³-hybridized carbons (Fsp3) is 0.800. The second-order valence-electron chi connectivity index (χ2n) is 6.11. The zero-order valence-corrected chi connectivity index (χ0v) is 11.3. The lowest BCUT2D eigenvalue weighted by Gasteiger charge is -2.41. The highest BCUT2D eigenvalue weighted by Gasteiger charge is 2.46. The SMILES string of the molecule is CCCC1C2CC=CN=C2C[C@@H]2CN(CO)C[C@@H]12. The first kappa shape index (κ1) is 12.4. The summed E-state index contributed by atoms with van der Waals surface area (Å²) < 4.78 is 0. The molecule has 18 heavy (non-hydrogen) atoms. The Morgan fingerprint density at radius 2 is 2.33 bits per heavy atom. The summed E-state index contributed by atoms with van der Waals surface area (Å²) in [7, 11) is 0. The Morgan fingerprint density at radius 3 is 3.11 bits per heavy atom. The molecule has 1 aliphatic carbocycles. The molecule has 3 nitrogen and oxygen atoms in total. The van der Waals surface area contributed by atoms with E-state index in [9.17, 15) is 5.11 Å². The highest BCUT2D eigenvalue weighted by molar-refractivity contribution is 5.89. The van der Waals surface area contributed by atoms with E-state index in [1.807, 2.05) is 6.20 Å². The van der Waals surface area contributed by atoms with E-state index in [-0.39, 0.29) is 6.73 Å². The molecule has 3 rings (SSSR count). The number of aliphatic hydroxyl groups is 1. The molecule has 2 aliphatic heterocycles. The van der Waals surface area contributed by atoms with Crippen LogP contribution < -0.4 is 0 Å². The van der Waals surface area contributed by atoms with Gasteiger partial charge in [0.2, 0.25) is 0 Å². The van der Waals surface area contributed by atoms with Gasteiger partial charge in [-0.2, -0.15) is 0 Å². The van der Waals surface area contributed by atoms with Crippen molar-refractivity contribution in [1.29, 1.82) is 0 Å². The van der Waals surface area contributed by atoms with E-state index in [0.717, 1.165) is 37.3 Å². The number of aliphatic hydroxyl groups excluding tert-OH is 1. The summed E-state index contributed by atoms with van der Waals surface area (Å²) in [4.78, 5) is 6.86. The van der Waals surface area contributed by atoms with E-state index >= 15 is 0 Å². The lowest BCUT2D eigenvalue weighted by atomic mass is 9.64. The van der Waals surface area contributed by atoms with Crippen molar-refractivity contribution in [3.63, 3.8) is 0 Å². The van der Waals surface area contributed by atoms with Gasteiger partial charge in [-0.25, -0.2) is 0 Å². The minimum atomic E-state index is 0.223. The molecule has 1 N–H and O–H groups in total. The van der Waals surface area contributed by atoms with Crippen molar-refractivity contribution >= 4 is 5.71 Å². The number of allylic oxidation sites excluding steroid dienone is 1. The Balaban J connectivity index is 1.83. The molecule has 0 spiro atoms. The predicted molar refractivity (Wildman–Crippen MR) is 73.3 cm³/mol. The monoisotopic (exact) mass is 248 g/mol. The van der Waals surface area contributed by atoms with Crippen LogP contribution in [0.2, 0.25) is 0 Å². The van der Waals surface area contributed by atoms with Crippen molar-refractivity contribution < 1.29 is 5.11 Å². The van der Waals surface area contributed by atoms with Crippen molar-refractivity contribution in [2.45, 2.75) is 32.6 Å². The Morgan fingerprint density at radius 1 is 1.44 bits per heavy atom. The first-order valence-electron chi connectivity index (χ1n) is 7.38. The third kappa shape index (κ3) is 2.04. The molecule has 0 aromatic heterocycles. The van der Waals surface area contributed by atoms with Crippen LogP contribution in [0.25, 0.3) is 0 Å². The number of likely N-dealkylation sites (tertiary alicyclic amines) is 1. The second-order valence-corrected chi connectivity index (χ2v) is 6.11. The molecule has 0 aromatic carbocycles. The number of fused-ring (bicyclic) bond motifs is 2. The molecule has 2 unspecified atom stereocenters. The first-order chi connectivity index (χ1) is 8.83. The van der Waals surface area contributed by atoms with Gasteiger partial charge in [0.15, 0.2) is 0 Å². The van der Waals surface area contributed by atoms with Gasteiger partial charge < -0.3 is 5.11 Å². The summed E-state index contributed by atoms with van der Waals surface area (Å²) in [6, 6.07) is 0. The number of rotatable bonds is 3. The first-order valence-corrected chi connectivity index (χ1v) is 7.38. The molecule has 0 amide bonds. The molecule has 100 valence electrons. The molecule has 2 fully saturated rings. The quantitative estimate of drug-likeness (QED) is 0.831. The van der Waals surface area contributed by atoms with Crippen LogP contribution in [0.1, 0.15) is 32.6 Å². The van der Waals surface area contributed by atoms with Crippen LogP contribution in [0.4, 0.5) is 0 Å². The summed E-state index contributed by atoms with van der Waals surface area (Å²) in [5.41, 5.74) is 1.44. The topological polar surface area (TPSA) is 35.8 Å². The Labute approximate surface area is 110 Å². The van der Waals surface area contributed by atoms with Gasteiger partial charge in [-0.15, -0.1) is 0 Å². The minimum absolute atomic E-state index is 0.223. The van der Waals surface area contributed by atoms with Gasteiger partial charge in [0.05, 0.1) is 6.73 Å². The molecule has 3 heteroatoms. The zero-order chi connectivity index (χ0) is 12.5. The minimum Gasteiger partial charge on any atom is -0.381 e. The standard InChI is InChI=1S/C15H24N2O/c1-2-4-12-13-5-3-6-16-15(13)7-11-8-17(10-18)9-14(11)12/h3,6,11-14,18H,2,4-5,7-10H2,1H3/t11-,12?,13?,14-/m1/s1. The predicted octanol–water partition coefficient (Wildman–Crippen LogP) is 2.28. The highest BCUT2D eigenvalue weighted by atomic mass is 16.3. The molecule has 2 heterocycles. The number of nitrogens with zero attached hydrogens (tertiary/aromatic N) is 2. The Kier molecular flexibility index (Phi) is 3.53. The number of hydrogen-bond acceptors (Lipinski definition) is 3. The van der Waals surface area contributed by atoms with E-state index in [1.54, 1.807) is 0 Å². The molecule has 0 aromatic rings. The van der Waals surface area contributed by atoms with Crippen molar-refractivity contribution in [2.75, 3.05) is 19.8 Å². The van der Waals surface area contributed by atoms with Gasteiger partial charge in [0, 0.05) is 30.9 Å². The molecule has 0 radical (unpaired) electrons. The second kappa shape index (κ2) is 5.14. The zero-order valence-electron chi connectivity index (χ0n) is 11.3. The average Bonchev–Trinajstić information content (AvgIpc) is 2.81. The van der Waals surface area contributed by atoms with Crippen LogP contribution in [-0.4, -0.2) is 35.5 Å². The van der Waals surface area contributed by atoms with Gasteiger partial charge in [-0.1, -0.05) is 19.4 Å². The van der Waals surface area contributed by atoms with Gasteiger partial charge in [-0.3, -0.25) is 9.89 Å². The fourth-order valence-corrected chi connectivity index (χ4v) is 4.33. The lowest BCUT2D eigenvalue weighted by Crippen LogP contribution is -2.40. The van der Waals surface area contributed by atoms with E-state index in [4.69, 9.17) is 0 Å². The van der Waals surface area contributed by atoms with Crippen molar-refractivity contribution in [2.24, 2.45) is 28.7 Å². The van der Waals surface area contributed by atoms with Crippen LogP contribution in [0.5, 0.6) is 0 Å². The van der Waals surface area contributed by atoms with Gasteiger partial charge in [-0.05, 0) is 37.0 Å². The summed E-state index contributed by atoms with van der Waals surface area (Å²) in [5, 5.41) is 9.37. The number of hydrogen-bond donors (Lipinski definition) is 1. The molecule has 4 atom stereocenters. The summed E-state index contributed by atoms with van der Waals surface area (Å²) in [5.74, 6) is 2.99. The van der Waals surface area contributed by atoms with Crippen LogP contribution in [-0.2, 0) is 0 Å². The van der Waals surface area contributed by atoms with E-state index in [0.29, 0.717) is 5.92 Å². The summed E-state index contributed by atoms with van der Waals surface area (Å²) in [6.07, 6.45) is 9.16. The van der Waals surface area contributed by atoms with Crippen molar-refractivity contribution in [3.8, 4) is 0 Å². The smallest absolute Gasteiger partial charge is 0.0956 e. The van der Waals surface area contributed by atoms with Gasteiger partial charge in [0.1, 0.15) is 0 Å². The van der Waals surface area contributed by atoms with E-state index < -0.39 is 0 Å². The van der Waals surface area contributed by atoms with Crippen LogP contribution in [0, 0.1) is 23.7 Å². The normalized spacial score (nSPS) is 39.3. The van der Waals surface area contributed by atoms with Crippen molar-refractivity contribution in [3.05, 3.63) is 12.3 Å².